The van der Waals surface area contributed by atoms with Crippen LogP contribution in [0, 0.1) is 16.6 Å². The lowest BCUT2D eigenvalue weighted by Crippen LogP contribution is -2.49. The largest absolute Gasteiger partial charge is 0.508 e. The lowest BCUT2D eigenvalue weighted by molar-refractivity contribution is 0.0110. The Labute approximate surface area is 540 Å². The predicted octanol–water partition coefficient (Wildman–Crippen LogP) is 13.3. The number of carbonyl (C=O) groups is 3. The van der Waals surface area contributed by atoms with E-state index < -0.39 is 0 Å². The Kier molecular flexibility index (Phi) is 24.2. The average molecular weight is 1250 g/mol. The zero-order valence-corrected chi connectivity index (χ0v) is 52.3. The van der Waals surface area contributed by atoms with Crippen molar-refractivity contribution in [3.8, 4) is 23.0 Å². The van der Waals surface area contributed by atoms with Gasteiger partial charge in [0.25, 0.3) is 17.7 Å². The molecule has 4 aromatic carbocycles. The fourth-order valence-electron chi connectivity index (χ4n) is 14.5. The summed E-state index contributed by atoms with van der Waals surface area (Å²) in [5.74, 6) is 0.871. The highest BCUT2D eigenvalue weighted by Crippen LogP contribution is 2.52. The van der Waals surface area contributed by atoms with E-state index in [4.69, 9.17) is 4.74 Å². The Morgan fingerprint density at radius 1 is 0.549 bits per heavy atom. The molecule has 3 amide bonds. The summed E-state index contributed by atoms with van der Waals surface area (Å²) in [5, 5.41) is 41.4. The van der Waals surface area contributed by atoms with Crippen LogP contribution in [0.3, 0.4) is 0 Å². The van der Waals surface area contributed by atoms with Crippen LogP contribution in [0.2, 0.25) is 0 Å². The van der Waals surface area contributed by atoms with Gasteiger partial charge in [-0.25, -0.2) is 4.39 Å². The van der Waals surface area contributed by atoms with Gasteiger partial charge in [0.15, 0.2) is 0 Å². The number of rotatable bonds is 12. The molecule has 3 saturated heterocycles. The topological polar surface area (TPSA) is 193 Å². The number of nitrogens with zero attached hydrogens (tertiary/aromatic N) is 5. The summed E-state index contributed by atoms with van der Waals surface area (Å²) in [7, 11) is 0. The number of pyridine rings is 2. The molecule has 3 spiro atoms. The number of nitrogens with one attached hydrogen (secondary N) is 3. The molecule has 6 N–H and O–H groups in total. The van der Waals surface area contributed by atoms with Crippen LogP contribution < -0.4 is 20.7 Å². The van der Waals surface area contributed by atoms with E-state index in [1.807, 2.05) is 90.2 Å². The van der Waals surface area contributed by atoms with Crippen LogP contribution in [0.5, 0.6) is 23.0 Å². The summed E-state index contributed by atoms with van der Waals surface area (Å²) in [5.41, 5.74) is 11.1. The van der Waals surface area contributed by atoms with Gasteiger partial charge in [-0.3, -0.25) is 24.4 Å². The number of phenols is 3. The Bertz CT molecular complexity index is 3450. The molecule has 0 bridgehead atoms. The Morgan fingerprint density at radius 2 is 1.11 bits per heavy atom. The molecule has 2 unspecified atom stereocenters. The first-order valence-corrected chi connectivity index (χ1v) is 32.2. The van der Waals surface area contributed by atoms with Crippen LogP contribution in [0.25, 0.3) is 5.57 Å². The van der Waals surface area contributed by atoms with Crippen molar-refractivity contribution >= 4 is 23.3 Å². The molecule has 12 rings (SSSR count). The number of halogens is 1. The molecule has 15 nitrogen and oxygen atoms in total. The number of hydrogen-bond donors (Lipinski definition) is 6. The maximum absolute atomic E-state index is 14.1. The summed E-state index contributed by atoms with van der Waals surface area (Å²) >= 11 is 0. The number of ether oxygens (including phenoxy) is 1. The minimum Gasteiger partial charge on any atom is -0.508 e. The fraction of sp³-hybridized carbons (Fsp3) is 0.480. The molecule has 0 saturated carbocycles. The molecule has 0 radical (unpaired) electrons. The summed E-state index contributed by atoms with van der Waals surface area (Å²) < 4.78 is 20.5. The van der Waals surface area contributed by atoms with Crippen molar-refractivity contribution in [2.45, 2.75) is 145 Å². The second kappa shape index (κ2) is 31.1. The van der Waals surface area contributed by atoms with Gasteiger partial charge < -0.3 is 50.7 Å². The number of aromatic nitrogens is 2. The highest BCUT2D eigenvalue weighted by Gasteiger charge is 2.44. The van der Waals surface area contributed by atoms with Crippen LogP contribution in [0.1, 0.15) is 203 Å². The number of aromatic hydroxyl groups is 3. The minimum absolute atomic E-state index is 0. The summed E-state index contributed by atoms with van der Waals surface area (Å²) in [6.45, 7) is 21.6. The normalized spacial score (nSPS) is 18.6. The van der Waals surface area contributed by atoms with E-state index >= 15 is 0 Å². The monoisotopic (exact) mass is 1240 g/mol. The van der Waals surface area contributed by atoms with E-state index in [0.717, 1.165) is 112 Å². The van der Waals surface area contributed by atoms with Crippen molar-refractivity contribution in [3.63, 3.8) is 0 Å². The highest BCUT2D eigenvalue weighted by atomic mass is 19.1. The maximum atomic E-state index is 14.1. The Hall–Kier alpha value is -7.66. The lowest BCUT2D eigenvalue weighted by Gasteiger charge is -2.45. The van der Waals surface area contributed by atoms with Crippen LogP contribution in [0.4, 0.5) is 4.39 Å². The van der Waals surface area contributed by atoms with Gasteiger partial charge >= 0.3 is 0 Å². The van der Waals surface area contributed by atoms with Gasteiger partial charge in [-0.05, 0) is 256 Å². The van der Waals surface area contributed by atoms with Crippen LogP contribution in [0.15, 0.2) is 116 Å². The first kappa shape index (κ1) is 70.8. The zero-order chi connectivity index (χ0) is 62.2. The number of carbonyl (C=O) groups excluding carboxylic acids is 3. The number of benzene rings is 4. The van der Waals surface area contributed by atoms with Gasteiger partial charge in [-0.2, -0.15) is 0 Å². The molecule has 91 heavy (non-hydrogen) atoms. The molecule has 2 atom stereocenters. The molecular weight excluding hydrogens is 1140 g/mol. The second-order valence-corrected chi connectivity index (χ2v) is 24.8. The van der Waals surface area contributed by atoms with Gasteiger partial charge in [-0.1, -0.05) is 58.7 Å². The van der Waals surface area contributed by atoms with Gasteiger partial charge in [-0.15, -0.1) is 0 Å². The van der Waals surface area contributed by atoms with E-state index in [-0.39, 0.29) is 80.2 Å². The first-order chi connectivity index (χ1) is 42.6. The second-order valence-electron chi connectivity index (χ2n) is 24.8. The van der Waals surface area contributed by atoms with Crippen molar-refractivity contribution in [1.29, 1.82) is 0 Å². The molecule has 2 aliphatic carbocycles. The summed E-state index contributed by atoms with van der Waals surface area (Å²) in [6.07, 6.45) is 16.1. The number of fused-ring (bicyclic) bond motifs is 3. The van der Waals surface area contributed by atoms with Gasteiger partial charge in [0, 0.05) is 85.8 Å². The number of allylic oxidation sites excluding steroid dienone is 1. The quantitative estimate of drug-likeness (QED) is 0.0680. The van der Waals surface area contributed by atoms with Crippen molar-refractivity contribution in [2.24, 2.45) is 10.8 Å². The maximum Gasteiger partial charge on any atom is 0.272 e. The van der Waals surface area contributed by atoms with Crippen LogP contribution in [-0.2, 0) is 12.8 Å². The smallest absolute Gasteiger partial charge is 0.272 e. The zero-order valence-electron chi connectivity index (χ0n) is 52.3. The van der Waals surface area contributed by atoms with E-state index in [1.54, 1.807) is 51.2 Å². The number of amides is 3. The van der Waals surface area contributed by atoms with Crippen LogP contribution >= 0.6 is 0 Å². The number of piperidine rings is 3. The molecule has 490 valence electrons. The van der Waals surface area contributed by atoms with Gasteiger partial charge in [0.05, 0.1) is 0 Å². The van der Waals surface area contributed by atoms with E-state index in [0.29, 0.717) is 85.1 Å². The summed E-state index contributed by atoms with van der Waals surface area (Å²) in [4.78, 5) is 52.2. The van der Waals surface area contributed by atoms with Gasteiger partial charge in [0.2, 0.25) is 0 Å². The third kappa shape index (κ3) is 15.6. The SMILES string of the molecule is C.C.C.CCN(CC)C(=O)c1ccc(C2=CC3(CCNCC3)Cc3ccc(O)cc32)cn1.CCN(CC)C(=O)c1ccc(C2CC3(CCNCC3)Cc3ccc(O)cc32)cn1.CCN(CC)C(=O)c1ccc(C2CC3(CCNCC3)Oc3ccc(F)cc32)c(O)c1. The lowest BCUT2D eigenvalue weighted by atomic mass is 9.62. The van der Waals surface area contributed by atoms with Crippen LogP contribution in [-0.4, -0.2) is 142 Å². The van der Waals surface area contributed by atoms with Crippen molar-refractivity contribution < 1.29 is 38.8 Å². The first-order valence-electron chi connectivity index (χ1n) is 32.2. The standard InChI is InChI=1S/C24H29FN2O3.C24H31N3O2.C24H29N3O2.3CH4/c1-3-27(4-2)23(29)16-5-7-18(21(28)13-16)20-15-24(9-11-26-12-10-24)30-22-8-6-17(25)14-19(20)22;2*1-3-27(4-2)23(29)22-8-6-18(16-26-22)21-15-24(9-11-25-12-10-24)14-17-5-7-19(28)13-20(17)21;;;/h5-8,13-14,20,26,28H,3-4,9-12,15H2,1-2H3;5-8,13,16,21,25,28H,3-4,9-12,14-15H2,1-2H3;5-8,13,15-16,25,28H,3-4,9-12,14H2,1-2H3;3*1H4. The summed E-state index contributed by atoms with van der Waals surface area (Å²) in [6, 6.07) is 29.0. The van der Waals surface area contributed by atoms with E-state index in [2.05, 4.69) is 44.1 Å². The fourth-order valence-corrected chi connectivity index (χ4v) is 14.5. The van der Waals surface area contributed by atoms with E-state index in [9.17, 15) is 34.1 Å². The Morgan fingerprint density at radius 3 is 1.68 bits per heavy atom. The minimum atomic E-state index is -0.330. The Balaban J connectivity index is 0.000000191. The molecule has 2 aromatic heterocycles. The highest BCUT2D eigenvalue weighted by molar-refractivity contribution is 5.95. The van der Waals surface area contributed by atoms with Crippen molar-refractivity contribution in [1.82, 2.24) is 40.6 Å². The molecule has 6 aliphatic rings. The van der Waals surface area contributed by atoms with Crippen molar-refractivity contribution in [3.05, 3.63) is 183 Å². The molecule has 3 fully saturated rings. The average Bonchev–Trinajstić information content (AvgIpc) is 0.813. The van der Waals surface area contributed by atoms with Crippen molar-refractivity contribution in [2.75, 3.05) is 78.5 Å². The third-order valence-electron chi connectivity index (χ3n) is 19.6. The van der Waals surface area contributed by atoms with Gasteiger partial charge in [0.1, 0.15) is 45.8 Å². The van der Waals surface area contributed by atoms with E-state index in [1.165, 1.54) is 41.7 Å². The molecule has 4 aliphatic heterocycles. The number of hydrogen-bond acceptors (Lipinski definition) is 12. The molecule has 16 heteroatoms. The molecular formula is C75H101FN8O7. The predicted molar refractivity (Wildman–Crippen MR) is 363 cm³/mol. The third-order valence-corrected chi connectivity index (χ3v) is 19.6. The molecule has 6 aromatic rings. The number of phenolic OH excluding ortho intramolecular Hbond substituents is 3. The molecule has 6 heterocycles.